The Bertz CT molecular complexity index is 1900. The van der Waals surface area contributed by atoms with Crippen molar-refractivity contribution in [1.29, 1.82) is 0 Å². The van der Waals surface area contributed by atoms with Gasteiger partial charge in [0.2, 0.25) is 0 Å². The van der Waals surface area contributed by atoms with E-state index in [1.807, 2.05) is 28.7 Å². The van der Waals surface area contributed by atoms with Gasteiger partial charge in [-0.3, -0.25) is 0 Å². The SMILES string of the molecule is c1ccc(-c2ccc3ccc4sc5c(-c6ccco6)ccc6ccc7sc2c3c4-c7c65)cc1. The molecule has 6 aromatic rings. The second-order valence-electron chi connectivity index (χ2n) is 8.51. The van der Waals surface area contributed by atoms with E-state index >= 15 is 0 Å². The van der Waals surface area contributed by atoms with E-state index in [0.29, 0.717) is 0 Å². The van der Waals surface area contributed by atoms with Crippen LogP contribution in [0.5, 0.6) is 0 Å². The van der Waals surface area contributed by atoms with E-state index in [1.165, 1.54) is 68.2 Å². The lowest BCUT2D eigenvalue weighted by Gasteiger charge is -2.22. The van der Waals surface area contributed by atoms with Crippen molar-refractivity contribution in [3.05, 3.63) is 97.3 Å². The van der Waals surface area contributed by atoms with Crippen LogP contribution in [0, 0.1) is 0 Å². The van der Waals surface area contributed by atoms with Gasteiger partial charge in [-0.1, -0.05) is 60.7 Å². The summed E-state index contributed by atoms with van der Waals surface area (Å²) in [6, 6.07) is 33.0. The van der Waals surface area contributed by atoms with Gasteiger partial charge in [-0.25, -0.2) is 0 Å². The van der Waals surface area contributed by atoms with Crippen molar-refractivity contribution in [2.24, 2.45) is 0 Å². The molecular weight excluding hydrogens is 440 g/mol. The first-order valence-corrected chi connectivity index (χ1v) is 12.6. The maximum Gasteiger partial charge on any atom is 0.135 e. The lowest BCUT2D eigenvalue weighted by Crippen LogP contribution is -1.93. The molecular formula is C30H16OS2. The maximum absolute atomic E-state index is 5.82. The summed E-state index contributed by atoms with van der Waals surface area (Å²) in [5.41, 5.74) is 6.54. The minimum atomic E-state index is 0.928. The van der Waals surface area contributed by atoms with E-state index in [9.17, 15) is 0 Å². The molecule has 2 aliphatic rings. The number of benzene rings is 5. The topological polar surface area (TPSA) is 13.1 Å². The molecule has 33 heavy (non-hydrogen) atoms. The largest absolute Gasteiger partial charge is 0.464 e. The first-order chi connectivity index (χ1) is 16.4. The molecule has 0 fully saturated rings. The summed E-state index contributed by atoms with van der Waals surface area (Å²) < 4.78 is 11.2. The Labute approximate surface area is 197 Å². The molecule has 0 unspecified atom stereocenters. The molecule has 5 aromatic carbocycles. The van der Waals surface area contributed by atoms with Gasteiger partial charge in [-0.05, 0) is 52.2 Å². The Balaban J connectivity index is 1.61. The summed E-state index contributed by atoms with van der Waals surface area (Å²) in [5, 5.41) is 5.34. The van der Waals surface area contributed by atoms with E-state index in [4.69, 9.17) is 4.42 Å². The number of furan rings is 1. The predicted octanol–water partition coefficient (Wildman–Crippen LogP) is 9.89. The standard InChI is InChI=1S/C30H16OS2/c1-2-5-17(6-3-1)20-12-8-18-10-15-24-27-25(18)29(20)32-23-14-11-19-9-13-21(22-7-4-16-31-22)30(33-24)26(19)28(23)27/h1-16H. The highest BCUT2D eigenvalue weighted by Gasteiger charge is 2.24. The molecule has 0 amide bonds. The van der Waals surface area contributed by atoms with Gasteiger partial charge in [0.15, 0.2) is 0 Å². The molecule has 0 radical (unpaired) electrons. The molecule has 3 heteroatoms. The molecule has 8 rings (SSSR count). The number of hydrogen-bond donors (Lipinski definition) is 0. The minimum absolute atomic E-state index is 0.928. The molecule has 1 nitrogen and oxygen atoms in total. The normalized spacial score (nSPS) is 12.2. The van der Waals surface area contributed by atoms with Crippen molar-refractivity contribution in [3.63, 3.8) is 0 Å². The third-order valence-electron chi connectivity index (χ3n) is 6.75. The quantitative estimate of drug-likeness (QED) is 0.186. The zero-order valence-electron chi connectivity index (χ0n) is 17.5. The fourth-order valence-corrected chi connectivity index (χ4v) is 7.85. The first-order valence-electron chi connectivity index (χ1n) is 11.0. The first kappa shape index (κ1) is 17.8. The molecule has 154 valence electrons. The molecule has 0 spiro atoms. The second-order valence-corrected chi connectivity index (χ2v) is 10.6. The smallest absolute Gasteiger partial charge is 0.135 e. The zero-order valence-corrected chi connectivity index (χ0v) is 19.1. The fraction of sp³-hybridized carbons (Fsp3) is 0. The van der Waals surface area contributed by atoms with Crippen LogP contribution in [0.25, 0.3) is 73.9 Å². The monoisotopic (exact) mass is 456 g/mol. The third kappa shape index (κ3) is 2.36. The van der Waals surface area contributed by atoms with Crippen LogP contribution in [0.4, 0.5) is 0 Å². The lowest BCUT2D eigenvalue weighted by atomic mass is 9.90. The molecule has 2 aliphatic heterocycles. The highest BCUT2D eigenvalue weighted by molar-refractivity contribution is 7.27. The van der Waals surface area contributed by atoms with Crippen LogP contribution < -0.4 is 0 Å². The van der Waals surface area contributed by atoms with E-state index in [1.54, 1.807) is 6.26 Å². The van der Waals surface area contributed by atoms with Crippen LogP contribution in [-0.4, -0.2) is 0 Å². The van der Waals surface area contributed by atoms with Crippen molar-refractivity contribution < 1.29 is 4.42 Å². The predicted molar refractivity (Wildman–Crippen MR) is 143 cm³/mol. The average molecular weight is 457 g/mol. The van der Waals surface area contributed by atoms with E-state index in [-0.39, 0.29) is 0 Å². The van der Waals surface area contributed by atoms with Gasteiger partial charge in [0.25, 0.3) is 0 Å². The molecule has 0 atom stereocenters. The van der Waals surface area contributed by atoms with Gasteiger partial charge >= 0.3 is 0 Å². The highest BCUT2D eigenvalue weighted by Crippen LogP contribution is 2.54. The van der Waals surface area contributed by atoms with Gasteiger partial charge in [0, 0.05) is 46.3 Å². The Morgan fingerprint density at radius 2 is 1.12 bits per heavy atom. The van der Waals surface area contributed by atoms with Crippen molar-refractivity contribution >= 4 is 63.0 Å². The summed E-state index contributed by atoms with van der Waals surface area (Å²) in [4.78, 5) is 0. The lowest BCUT2D eigenvalue weighted by molar-refractivity contribution is 0.583. The molecule has 3 heterocycles. The van der Waals surface area contributed by atoms with Gasteiger partial charge in [0.05, 0.1) is 6.26 Å². The van der Waals surface area contributed by atoms with Crippen molar-refractivity contribution in [3.8, 4) is 33.6 Å². The maximum atomic E-state index is 5.82. The van der Waals surface area contributed by atoms with Crippen LogP contribution in [0.1, 0.15) is 0 Å². The summed E-state index contributed by atoms with van der Waals surface area (Å²) in [7, 11) is 0. The van der Waals surface area contributed by atoms with Crippen molar-refractivity contribution in [1.82, 2.24) is 0 Å². The molecule has 0 bridgehead atoms. The van der Waals surface area contributed by atoms with Crippen LogP contribution in [0.2, 0.25) is 0 Å². The fourth-order valence-electron chi connectivity index (χ4n) is 5.30. The average Bonchev–Trinajstić information content (AvgIpc) is 3.41. The Kier molecular flexibility index (Phi) is 3.48. The Morgan fingerprint density at radius 3 is 1.76 bits per heavy atom. The van der Waals surface area contributed by atoms with Gasteiger partial charge in [-0.15, -0.1) is 22.7 Å². The number of rotatable bonds is 2. The number of hydrogen-bond acceptors (Lipinski definition) is 3. The highest BCUT2D eigenvalue weighted by atomic mass is 32.1. The molecule has 0 saturated carbocycles. The molecule has 0 aliphatic carbocycles. The van der Waals surface area contributed by atoms with E-state index < -0.39 is 0 Å². The molecule has 1 aromatic heterocycles. The Hall–Kier alpha value is -3.66. The van der Waals surface area contributed by atoms with Gasteiger partial charge < -0.3 is 4.42 Å². The summed E-state index contributed by atoms with van der Waals surface area (Å²) in [6.07, 6.45) is 1.76. The second kappa shape index (κ2) is 6.44. The van der Waals surface area contributed by atoms with Crippen molar-refractivity contribution in [2.75, 3.05) is 0 Å². The minimum Gasteiger partial charge on any atom is -0.464 e. The van der Waals surface area contributed by atoms with E-state index in [0.717, 1.165) is 5.76 Å². The van der Waals surface area contributed by atoms with Crippen molar-refractivity contribution in [2.45, 2.75) is 0 Å². The van der Waals surface area contributed by atoms with Crippen LogP contribution in [0.15, 0.2) is 102 Å². The van der Waals surface area contributed by atoms with Crippen LogP contribution in [-0.2, 0) is 0 Å². The van der Waals surface area contributed by atoms with Gasteiger partial charge in [-0.2, -0.15) is 0 Å². The van der Waals surface area contributed by atoms with Gasteiger partial charge in [0.1, 0.15) is 5.76 Å². The molecule has 0 saturated heterocycles. The van der Waals surface area contributed by atoms with Crippen LogP contribution >= 0.6 is 22.7 Å². The third-order valence-corrected chi connectivity index (χ3v) is 9.12. The zero-order chi connectivity index (χ0) is 21.5. The summed E-state index contributed by atoms with van der Waals surface area (Å²) in [6.45, 7) is 0. The summed E-state index contributed by atoms with van der Waals surface area (Å²) in [5.74, 6) is 0.928. The molecule has 0 N–H and O–H groups in total. The van der Waals surface area contributed by atoms with E-state index in [2.05, 4.69) is 84.9 Å². The summed E-state index contributed by atoms with van der Waals surface area (Å²) >= 11 is 3.80. The Morgan fingerprint density at radius 1 is 0.515 bits per heavy atom. The van der Waals surface area contributed by atoms with Crippen LogP contribution in [0.3, 0.4) is 0 Å².